The van der Waals surface area contributed by atoms with Crippen molar-refractivity contribution in [3.63, 3.8) is 0 Å². The molecule has 0 aliphatic carbocycles. The highest BCUT2D eigenvalue weighted by molar-refractivity contribution is 5.98. The molecule has 1 heterocycles. The number of carboxylic acid groups (broad SMARTS) is 1. The van der Waals surface area contributed by atoms with Crippen molar-refractivity contribution in [1.29, 1.82) is 0 Å². The standard InChI is InChI=1S/C18H27N9O8/c19-8(2-12(20)28)15(31)25-9(3-13(21)29)16(32)26-10(4-14(22)30)17(33)27-11(18(34)35)1-7-5-23-6-24-7/h5-6,8-11H,1-4,19H2,(H2,20,28)(H2,21,29)(H2,22,30)(H,23,24)(H,25,31)(H,26,32)(H,27,33)(H,34,35). The molecule has 17 heteroatoms. The van der Waals surface area contributed by atoms with E-state index in [2.05, 4.69) is 25.9 Å². The molecule has 4 unspecified atom stereocenters. The van der Waals surface area contributed by atoms with E-state index in [9.17, 15) is 38.7 Å². The largest absolute Gasteiger partial charge is 0.480 e. The van der Waals surface area contributed by atoms with Gasteiger partial charge < -0.3 is 49.0 Å². The van der Waals surface area contributed by atoms with Crippen LogP contribution in [0.5, 0.6) is 0 Å². The van der Waals surface area contributed by atoms with Crippen LogP contribution in [-0.2, 0) is 40.0 Å². The number of hydrogen-bond donors (Lipinski definition) is 9. The summed E-state index contributed by atoms with van der Waals surface area (Å²) >= 11 is 0. The van der Waals surface area contributed by atoms with Crippen LogP contribution in [0.15, 0.2) is 12.5 Å². The monoisotopic (exact) mass is 497 g/mol. The number of H-pyrrole nitrogens is 1. The fraction of sp³-hybridized carbons (Fsp3) is 0.444. The molecule has 0 aliphatic rings. The highest BCUT2D eigenvalue weighted by Crippen LogP contribution is 2.03. The van der Waals surface area contributed by atoms with Crippen molar-refractivity contribution in [3.8, 4) is 0 Å². The molecule has 0 saturated heterocycles. The fourth-order valence-electron chi connectivity index (χ4n) is 2.77. The molecule has 17 nitrogen and oxygen atoms in total. The summed E-state index contributed by atoms with van der Waals surface area (Å²) in [5.74, 6) is -7.60. The minimum absolute atomic E-state index is 0.198. The Morgan fingerprint density at radius 2 is 1.26 bits per heavy atom. The molecule has 0 radical (unpaired) electrons. The second-order valence-electron chi connectivity index (χ2n) is 7.42. The summed E-state index contributed by atoms with van der Waals surface area (Å²) in [6, 6.07) is -6.24. The highest BCUT2D eigenvalue weighted by atomic mass is 16.4. The number of carbonyl (C=O) groups excluding carboxylic acids is 6. The first kappa shape index (κ1) is 28.5. The lowest BCUT2D eigenvalue weighted by atomic mass is 10.1. The van der Waals surface area contributed by atoms with E-state index in [1.54, 1.807) is 0 Å². The second kappa shape index (κ2) is 13.2. The van der Waals surface area contributed by atoms with Crippen LogP contribution < -0.4 is 38.9 Å². The van der Waals surface area contributed by atoms with E-state index in [1.165, 1.54) is 12.5 Å². The Kier molecular flexibility index (Phi) is 10.8. The van der Waals surface area contributed by atoms with Crippen molar-refractivity contribution in [2.45, 2.75) is 49.9 Å². The van der Waals surface area contributed by atoms with E-state index in [0.717, 1.165) is 0 Å². The van der Waals surface area contributed by atoms with E-state index in [0.29, 0.717) is 5.69 Å². The normalized spacial score (nSPS) is 14.0. The molecule has 4 atom stereocenters. The summed E-state index contributed by atoms with van der Waals surface area (Å²) in [6.45, 7) is 0. The summed E-state index contributed by atoms with van der Waals surface area (Å²) in [6.07, 6.45) is 0.405. The lowest BCUT2D eigenvalue weighted by Gasteiger charge is -2.24. The Bertz CT molecular complexity index is 965. The van der Waals surface area contributed by atoms with Crippen molar-refractivity contribution >= 4 is 41.4 Å². The van der Waals surface area contributed by atoms with Crippen LogP contribution in [0, 0.1) is 0 Å². The number of hydrogen-bond acceptors (Lipinski definition) is 9. The zero-order valence-corrected chi connectivity index (χ0v) is 18.4. The number of aliphatic carboxylic acids is 1. The smallest absolute Gasteiger partial charge is 0.326 e. The molecule has 0 fully saturated rings. The van der Waals surface area contributed by atoms with Gasteiger partial charge in [-0.25, -0.2) is 9.78 Å². The van der Waals surface area contributed by atoms with Crippen LogP contribution in [-0.4, -0.2) is 80.7 Å². The zero-order valence-electron chi connectivity index (χ0n) is 18.4. The van der Waals surface area contributed by atoms with E-state index in [-0.39, 0.29) is 6.42 Å². The van der Waals surface area contributed by atoms with Gasteiger partial charge in [-0.3, -0.25) is 28.8 Å². The molecule has 1 aromatic heterocycles. The Morgan fingerprint density at radius 1 is 0.800 bits per heavy atom. The predicted molar refractivity (Wildman–Crippen MR) is 115 cm³/mol. The van der Waals surface area contributed by atoms with Gasteiger partial charge in [0, 0.05) is 18.3 Å². The molecule has 1 rings (SSSR count). The average molecular weight is 497 g/mol. The number of nitrogens with two attached hydrogens (primary N) is 4. The number of carbonyl (C=O) groups is 7. The molecule has 35 heavy (non-hydrogen) atoms. The Labute approximate surface area is 197 Å². The first-order chi connectivity index (χ1) is 16.3. The van der Waals surface area contributed by atoms with Gasteiger partial charge in [-0.2, -0.15) is 0 Å². The number of amides is 6. The number of carboxylic acids is 1. The SMILES string of the molecule is NC(=O)CC(N)C(=O)NC(CC(N)=O)C(=O)NC(CC(N)=O)C(=O)NC(Cc1cnc[nH]1)C(=O)O. The van der Waals surface area contributed by atoms with Crippen LogP contribution in [0.2, 0.25) is 0 Å². The third kappa shape index (κ3) is 10.3. The Hall–Kier alpha value is -4.54. The van der Waals surface area contributed by atoms with E-state index >= 15 is 0 Å². The van der Waals surface area contributed by atoms with Gasteiger partial charge in [0.2, 0.25) is 35.4 Å². The Morgan fingerprint density at radius 3 is 1.66 bits per heavy atom. The maximum atomic E-state index is 12.7. The fourth-order valence-corrected chi connectivity index (χ4v) is 2.77. The van der Waals surface area contributed by atoms with Crippen molar-refractivity contribution in [1.82, 2.24) is 25.9 Å². The molecule has 0 aromatic carbocycles. The molecule has 0 bridgehead atoms. The van der Waals surface area contributed by atoms with E-state index in [4.69, 9.17) is 22.9 Å². The van der Waals surface area contributed by atoms with E-state index < -0.39 is 84.8 Å². The quantitative estimate of drug-likeness (QED) is 0.111. The summed E-state index contributed by atoms with van der Waals surface area (Å²) < 4.78 is 0. The highest BCUT2D eigenvalue weighted by Gasteiger charge is 2.32. The number of aromatic nitrogens is 2. The van der Waals surface area contributed by atoms with Gasteiger partial charge >= 0.3 is 5.97 Å². The first-order valence-electron chi connectivity index (χ1n) is 10.0. The molecule has 0 spiro atoms. The summed E-state index contributed by atoms with van der Waals surface area (Å²) in [7, 11) is 0. The minimum atomic E-state index is -1.67. The van der Waals surface area contributed by atoms with Gasteiger partial charge in [0.1, 0.15) is 18.1 Å². The van der Waals surface area contributed by atoms with Gasteiger partial charge in [0.25, 0.3) is 0 Å². The van der Waals surface area contributed by atoms with Crippen molar-refractivity contribution in [2.24, 2.45) is 22.9 Å². The molecular formula is C18H27N9O8. The molecule has 13 N–H and O–H groups in total. The molecule has 0 saturated carbocycles. The molecule has 0 aliphatic heterocycles. The van der Waals surface area contributed by atoms with Crippen LogP contribution in [0.25, 0.3) is 0 Å². The zero-order chi connectivity index (χ0) is 26.7. The number of nitrogens with zero attached hydrogens (tertiary/aromatic N) is 1. The van der Waals surface area contributed by atoms with Crippen molar-refractivity contribution < 1.29 is 38.7 Å². The first-order valence-corrected chi connectivity index (χ1v) is 10.0. The lowest BCUT2D eigenvalue weighted by molar-refractivity contribution is -0.142. The van der Waals surface area contributed by atoms with Crippen molar-refractivity contribution in [3.05, 3.63) is 18.2 Å². The van der Waals surface area contributed by atoms with Gasteiger partial charge in [0.15, 0.2) is 0 Å². The van der Waals surface area contributed by atoms with Gasteiger partial charge in [-0.15, -0.1) is 0 Å². The van der Waals surface area contributed by atoms with Crippen molar-refractivity contribution in [2.75, 3.05) is 0 Å². The van der Waals surface area contributed by atoms with Gasteiger partial charge in [0.05, 0.1) is 31.6 Å². The minimum Gasteiger partial charge on any atom is -0.480 e. The van der Waals surface area contributed by atoms with Crippen LogP contribution in [0.1, 0.15) is 25.0 Å². The molecule has 1 aromatic rings. The maximum Gasteiger partial charge on any atom is 0.326 e. The summed E-state index contributed by atoms with van der Waals surface area (Å²) in [5.41, 5.74) is 21.1. The van der Waals surface area contributed by atoms with Gasteiger partial charge in [-0.05, 0) is 0 Å². The summed E-state index contributed by atoms with van der Waals surface area (Å²) in [5, 5.41) is 15.8. The predicted octanol–water partition coefficient (Wildman–Crippen LogP) is -5.56. The maximum absolute atomic E-state index is 12.7. The second-order valence-corrected chi connectivity index (χ2v) is 7.42. The summed E-state index contributed by atoms with van der Waals surface area (Å²) in [4.78, 5) is 89.2. The number of rotatable bonds is 15. The average Bonchev–Trinajstić information content (AvgIpc) is 3.24. The molecule has 192 valence electrons. The number of primary amides is 3. The third-order valence-corrected chi connectivity index (χ3v) is 4.43. The van der Waals surface area contributed by atoms with Gasteiger partial charge in [-0.1, -0.05) is 0 Å². The van der Waals surface area contributed by atoms with Crippen LogP contribution in [0.3, 0.4) is 0 Å². The number of nitrogens with one attached hydrogen (secondary N) is 4. The molecular weight excluding hydrogens is 470 g/mol. The number of aromatic amines is 1. The topological polar surface area (TPSA) is 309 Å². The number of imidazole rings is 1. The third-order valence-electron chi connectivity index (χ3n) is 4.43. The lowest BCUT2D eigenvalue weighted by Crippen LogP contribution is -2.58. The van der Waals surface area contributed by atoms with Crippen LogP contribution >= 0.6 is 0 Å². The Balaban J connectivity index is 3.00. The molecule has 6 amide bonds. The van der Waals surface area contributed by atoms with E-state index in [1.807, 2.05) is 0 Å². The van der Waals surface area contributed by atoms with Crippen LogP contribution in [0.4, 0.5) is 0 Å².